The van der Waals surface area contributed by atoms with Crippen LogP contribution in [0.1, 0.15) is 36.8 Å². The molecular weight excluding hydrogens is 560 g/mol. The van der Waals surface area contributed by atoms with E-state index in [0.717, 1.165) is 55.0 Å². The minimum absolute atomic E-state index is 0.0852. The number of carbonyl (C=O) groups is 5. The first kappa shape index (κ1) is 32.5. The molecule has 0 atom stereocenters. The number of benzene rings is 2. The van der Waals surface area contributed by atoms with E-state index >= 15 is 0 Å². The Balaban J connectivity index is 0.000000359. The number of carbonyl (C=O) groups excluding carboxylic acids is 1. The number of carboxylic acids is 4. The second-order valence-electron chi connectivity index (χ2n) is 9.92. The van der Waals surface area contributed by atoms with Gasteiger partial charge in [0.05, 0.1) is 17.7 Å². The number of nitrogens with zero attached hydrogens (tertiary/aromatic N) is 3. The summed E-state index contributed by atoms with van der Waals surface area (Å²) >= 11 is 0. The van der Waals surface area contributed by atoms with Crippen LogP contribution in [0.3, 0.4) is 0 Å². The lowest BCUT2D eigenvalue weighted by Gasteiger charge is -2.21. The molecule has 1 saturated heterocycles. The summed E-state index contributed by atoms with van der Waals surface area (Å²) in [4.78, 5) is 59.0. The van der Waals surface area contributed by atoms with Crippen molar-refractivity contribution < 1.29 is 44.4 Å². The molecule has 5 N–H and O–H groups in total. The van der Waals surface area contributed by atoms with Crippen LogP contribution in [0.15, 0.2) is 54.6 Å². The van der Waals surface area contributed by atoms with Crippen LogP contribution in [0.5, 0.6) is 0 Å². The summed E-state index contributed by atoms with van der Waals surface area (Å²) in [5.41, 5.74) is 4.33. The van der Waals surface area contributed by atoms with E-state index in [2.05, 4.69) is 45.4 Å². The van der Waals surface area contributed by atoms with Crippen LogP contribution in [0, 0.1) is 0 Å². The minimum Gasteiger partial charge on any atom is -0.473 e. The first-order valence-corrected chi connectivity index (χ1v) is 13.7. The maximum atomic E-state index is 13.0. The van der Waals surface area contributed by atoms with E-state index in [9.17, 15) is 4.79 Å². The standard InChI is InChI=1S/C26H30N4O.2C2H2O4/c31-24(19-29-15-8-1-2-9-16-29)28-25-21-12-6-7-13-23(21)27-26-22(25)14-17-30(26)18-20-10-4-3-5-11-20;2*3-1(4)2(5)6/h3-7,10-13H,1-2,8-9,14-19H2,(H,27,28,31);2*(H,3,4)(H,5,6). The number of hydrogen-bond acceptors (Lipinski definition) is 8. The summed E-state index contributed by atoms with van der Waals surface area (Å²) in [6.07, 6.45) is 5.83. The van der Waals surface area contributed by atoms with Gasteiger partial charge in [0.1, 0.15) is 5.82 Å². The number of fused-ring (bicyclic) bond motifs is 2. The van der Waals surface area contributed by atoms with Gasteiger partial charge in [-0.2, -0.15) is 0 Å². The zero-order valence-corrected chi connectivity index (χ0v) is 23.4. The molecule has 5 rings (SSSR count). The van der Waals surface area contributed by atoms with E-state index in [4.69, 9.17) is 44.6 Å². The molecule has 1 aromatic heterocycles. The van der Waals surface area contributed by atoms with Crippen LogP contribution >= 0.6 is 0 Å². The summed E-state index contributed by atoms with van der Waals surface area (Å²) in [5.74, 6) is -6.20. The number of amides is 1. The third kappa shape index (κ3) is 9.78. The Morgan fingerprint density at radius 2 is 1.28 bits per heavy atom. The van der Waals surface area contributed by atoms with Gasteiger partial charge in [0, 0.05) is 24.0 Å². The van der Waals surface area contributed by atoms with Crippen molar-refractivity contribution in [1.82, 2.24) is 9.88 Å². The lowest BCUT2D eigenvalue weighted by molar-refractivity contribution is -0.159. The monoisotopic (exact) mass is 594 g/mol. The van der Waals surface area contributed by atoms with E-state index in [1.165, 1.54) is 36.8 Å². The van der Waals surface area contributed by atoms with Gasteiger partial charge in [-0.15, -0.1) is 0 Å². The molecule has 2 aliphatic rings. The van der Waals surface area contributed by atoms with E-state index in [0.29, 0.717) is 6.54 Å². The molecule has 3 aromatic rings. The minimum atomic E-state index is -1.82. The largest absolute Gasteiger partial charge is 0.473 e. The molecule has 228 valence electrons. The van der Waals surface area contributed by atoms with Crippen molar-refractivity contribution in [3.05, 3.63) is 65.7 Å². The number of carboxylic acid groups (broad SMARTS) is 4. The third-order valence-electron chi connectivity index (χ3n) is 6.82. The van der Waals surface area contributed by atoms with E-state index in [1.54, 1.807) is 0 Å². The highest BCUT2D eigenvalue weighted by Crippen LogP contribution is 2.38. The maximum absolute atomic E-state index is 13.0. The molecule has 1 fully saturated rings. The summed E-state index contributed by atoms with van der Waals surface area (Å²) in [7, 11) is 0. The highest BCUT2D eigenvalue weighted by atomic mass is 16.4. The Labute approximate surface area is 247 Å². The summed E-state index contributed by atoms with van der Waals surface area (Å²) < 4.78 is 0. The number of para-hydroxylation sites is 1. The Bertz CT molecular complexity index is 1410. The lowest BCUT2D eigenvalue weighted by atomic mass is 10.1. The molecule has 2 aromatic carbocycles. The second kappa shape index (κ2) is 15.8. The molecule has 1 amide bonds. The topological polar surface area (TPSA) is 198 Å². The van der Waals surface area contributed by atoms with Gasteiger partial charge in [-0.25, -0.2) is 24.2 Å². The number of nitrogens with one attached hydrogen (secondary N) is 1. The molecule has 13 nitrogen and oxygen atoms in total. The van der Waals surface area contributed by atoms with Gasteiger partial charge in [-0.3, -0.25) is 9.69 Å². The quantitative estimate of drug-likeness (QED) is 0.271. The van der Waals surface area contributed by atoms with Crippen LogP contribution in [-0.2, 0) is 36.9 Å². The molecule has 0 radical (unpaired) electrons. The van der Waals surface area contributed by atoms with Gasteiger partial charge in [0.2, 0.25) is 5.91 Å². The summed E-state index contributed by atoms with van der Waals surface area (Å²) in [6.45, 7) is 4.27. The van der Waals surface area contributed by atoms with Gasteiger partial charge in [0.15, 0.2) is 0 Å². The summed E-state index contributed by atoms with van der Waals surface area (Å²) in [5, 5.41) is 33.9. The molecule has 13 heteroatoms. The Morgan fingerprint density at radius 3 is 1.86 bits per heavy atom. The summed E-state index contributed by atoms with van der Waals surface area (Å²) in [6, 6.07) is 18.7. The third-order valence-corrected chi connectivity index (χ3v) is 6.82. The van der Waals surface area contributed by atoms with Gasteiger partial charge in [0.25, 0.3) is 0 Å². The normalized spacial score (nSPS) is 14.2. The number of pyridine rings is 1. The van der Waals surface area contributed by atoms with Gasteiger partial charge < -0.3 is 30.6 Å². The SMILES string of the molecule is O=C(CN1CCCCCC1)Nc1c2c(nc3ccccc13)N(Cc1ccccc1)CC2.O=C(O)C(=O)O.O=C(O)C(=O)O. The fourth-order valence-corrected chi connectivity index (χ4v) is 4.87. The van der Waals surface area contributed by atoms with Crippen molar-refractivity contribution in [3.8, 4) is 0 Å². The second-order valence-corrected chi connectivity index (χ2v) is 9.92. The predicted molar refractivity (Wildman–Crippen MR) is 157 cm³/mol. The zero-order valence-electron chi connectivity index (χ0n) is 23.4. The van der Waals surface area contributed by atoms with Crippen molar-refractivity contribution in [2.45, 2.75) is 38.6 Å². The van der Waals surface area contributed by atoms with E-state index in [-0.39, 0.29) is 5.91 Å². The Hall–Kier alpha value is -5.04. The predicted octanol–water partition coefficient (Wildman–Crippen LogP) is 2.92. The van der Waals surface area contributed by atoms with Crippen molar-refractivity contribution in [2.24, 2.45) is 0 Å². The molecule has 0 bridgehead atoms. The number of aliphatic carboxylic acids is 4. The molecule has 0 unspecified atom stereocenters. The number of hydrogen-bond donors (Lipinski definition) is 5. The highest BCUT2D eigenvalue weighted by molar-refractivity contribution is 6.27. The number of rotatable bonds is 5. The number of anilines is 2. The lowest BCUT2D eigenvalue weighted by Crippen LogP contribution is -2.34. The fraction of sp³-hybridized carbons (Fsp3) is 0.333. The van der Waals surface area contributed by atoms with Crippen LogP contribution in [0.2, 0.25) is 0 Å². The Morgan fingerprint density at radius 1 is 0.721 bits per heavy atom. The Kier molecular flexibility index (Phi) is 11.9. The molecule has 2 aliphatic heterocycles. The van der Waals surface area contributed by atoms with Crippen molar-refractivity contribution >= 4 is 52.2 Å². The van der Waals surface area contributed by atoms with Crippen molar-refractivity contribution in [3.63, 3.8) is 0 Å². The van der Waals surface area contributed by atoms with Crippen LogP contribution in [0.4, 0.5) is 11.5 Å². The molecule has 0 aliphatic carbocycles. The van der Waals surface area contributed by atoms with Gasteiger partial charge >= 0.3 is 23.9 Å². The fourth-order valence-electron chi connectivity index (χ4n) is 4.87. The van der Waals surface area contributed by atoms with Crippen molar-refractivity contribution in [1.29, 1.82) is 0 Å². The first-order valence-electron chi connectivity index (χ1n) is 13.7. The van der Waals surface area contributed by atoms with Crippen molar-refractivity contribution in [2.75, 3.05) is 36.4 Å². The van der Waals surface area contributed by atoms with Crippen LogP contribution < -0.4 is 10.2 Å². The van der Waals surface area contributed by atoms with E-state index < -0.39 is 23.9 Å². The molecule has 0 saturated carbocycles. The first-order chi connectivity index (χ1) is 20.6. The molecular formula is C30H34N4O9. The maximum Gasteiger partial charge on any atom is 0.414 e. The smallest absolute Gasteiger partial charge is 0.414 e. The van der Waals surface area contributed by atoms with Gasteiger partial charge in [-0.05, 0) is 44.0 Å². The van der Waals surface area contributed by atoms with E-state index in [1.807, 2.05) is 24.3 Å². The van der Waals surface area contributed by atoms with Crippen LogP contribution in [-0.4, -0.2) is 86.3 Å². The van der Waals surface area contributed by atoms with Crippen LogP contribution in [0.25, 0.3) is 10.9 Å². The van der Waals surface area contributed by atoms with Gasteiger partial charge in [-0.1, -0.05) is 61.4 Å². The molecule has 43 heavy (non-hydrogen) atoms. The average molecular weight is 595 g/mol. The molecule has 3 heterocycles. The molecule has 0 spiro atoms. The number of likely N-dealkylation sites (tertiary alicyclic amines) is 1. The highest BCUT2D eigenvalue weighted by Gasteiger charge is 2.27. The average Bonchev–Trinajstić information content (AvgIpc) is 3.19. The number of aromatic nitrogens is 1. The zero-order chi connectivity index (χ0) is 31.4.